The van der Waals surface area contributed by atoms with E-state index >= 15 is 0 Å². The van der Waals surface area contributed by atoms with Crippen LogP contribution in [0.3, 0.4) is 0 Å². The van der Waals surface area contributed by atoms with E-state index < -0.39 is 0 Å². The molecule has 0 aliphatic carbocycles. The molecule has 0 saturated carbocycles. The lowest BCUT2D eigenvalue weighted by Crippen LogP contribution is -2.15. The highest BCUT2D eigenvalue weighted by Crippen LogP contribution is 2.22. The van der Waals surface area contributed by atoms with Crippen LogP contribution in [-0.4, -0.2) is 27.2 Å². The van der Waals surface area contributed by atoms with Crippen LogP contribution in [0.1, 0.15) is 18.7 Å². The van der Waals surface area contributed by atoms with E-state index in [1.165, 1.54) is 0 Å². The second-order valence-corrected chi connectivity index (χ2v) is 4.49. The van der Waals surface area contributed by atoms with Gasteiger partial charge in [-0.05, 0) is 25.8 Å². The quantitative estimate of drug-likeness (QED) is 0.852. The molecule has 1 aliphatic heterocycles. The smallest absolute Gasteiger partial charge is 0.151 e. The number of ether oxygens (including phenoxy) is 1. The molecule has 90 valence electrons. The van der Waals surface area contributed by atoms with Gasteiger partial charge in [-0.2, -0.15) is 0 Å². The van der Waals surface area contributed by atoms with Gasteiger partial charge in [0.25, 0.3) is 0 Å². The molecule has 1 aliphatic rings. The first-order valence-electron chi connectivity index (χ1n) is 5.94. The number of aromatic nitrogens is 3. The molecule has 1 atom stereocenters. The molecule has 0 spiro atoms. The van der Waals surface area contributed by atoms with Crippen LogP contribution >= 0.6 is 0 Å². The highest BCUT2D eigenvalue weighted by molar-refractivity contribution is 5.85. The molecule has 2 N–H and O–H groups in total. The van der Waals surface area contributed by atoms with Gasteiger partial charge in [-0.1, -0.05) is 0 Å². The fourth-order valence-corrected chi connectivity index (χ4v) is 2.42. The lowest BCUT2D eigenvalue weighted by molar-refractivity contribution is 0.0980. The third-order valence-corrected chi connectivity index (χ3v) is 3.17. The molecule has 2 aromatic rings. The molecule has 1 saturated heterocycles. The topological polar surface area (TPSA) is 66.0 Å². The molecule has 17 heavy (non-hydrogen) atoms. The monoisotopic (exact) mass is 232 g/mol. The fraction of sp³-hybridized carbons (Fsp3) is 0.500. The van der Waals surface area contributed by atoms with Crippen LogP contribution in [0.25, 0.3) is 11.0 Å². The molecule has 1 fully saturated rings. The molecule has 3 rings (SSSR count). The Morgan fingerprint density at radius 3 is 3.18 bits per heavy atom. The molecule has 0 bridgehead atoms. The summed E-state index contributed by atoms with van der Waals surface area (Å²) in [5.41, 5.74) is 7.80. The van der Waals surface area contributed by atoms with Crippen LogP contribution in [0.5, 0.6) is 0 Å². The van der Waals surface area contributed by atoms with E-state index in [1.807, 2.05) is 19.2 Å². The van der Waals surface area contributed by atoms with Crippen molar-refractivity contribution in [1.29, 1.82) is 0 Å². The van der Waals surface area contributed by atoms with Crippen LogP contribution in [0.15, 0.2) is 12.3 Å². The molecule has 5 heteroatoms. The Kier molecular flexibility index (Phi) is 2.48. The number of nitrogens with zero attached hydrogens (tertiary/aromatic N) is 3. The zero-order valence-corrected chi connectivity index (χ0v) is 9.89. The van der Waals surface area contributed by atoms with E-state index in [2.05, 4.69) is 14.5 Å². The maximum absolute atomic E-state index is 5.96. The molecule has 0 amide bonds. The van der Waals surface area contributed by atoms with Gasteiger partial charge in [-0.15, -0.1) is 0 Å². The maximum Gasteiger partial charge on any atom is 0.151 e. The molecule has 5 nitrogen and oxygen atoms in total. The first-order chi connectivity index (χ1) is 8.24. The van der Waals surface area contributed by atoms with Crippen LogP contribution < -0.4 is 5.73 Å². The van der Waals surface area contributed by atoms with Crippen LogP contribution in [0, 0.1) is 6.92 Å². The van der Waals surface area contributed by atoms with Crippen molar-refractivity contribution in [2.75, 3.05) is 12.3 Å². The Labute approximate surface area is 99.6 Å². The summed E-state index contributed by atoms with van der Waals surface area (Å²) in [4.78, 5) is 8.59. The summed E-state index contributed by atoms with van der Waals surface area (Å²) in [5.74, 6) is 1.26. The van der Waals surface area contributed by atoms with Gasteiger partial charge in [0.05, 0.1) is 11.6 Å². The van der Waals surface area contributed by atoms with E-state index in [0.29, 0.717) is 17.7 Å². The first-order valence-corrected chi connectivity index (χ1v) is 5.94. The molecule has 2 aromatic heterocycles. The number of hydrogen-bond acceptors (Lipinski definition) is 4. The lowest BCUT2D eigenvalue weighted by Gasteiger charge is -2.12. The summed E-state index contributed by atoms with van der Waals surface area (Å²) < 4.78 is 7.73. The summed E-state index contributed by atoms with van der Waals surface area (Å²) in [6, 6.07) is 1.98. The van der Waals surface area contributed by atoms with E-state index in [4.69, 9.17) is 10.5 Å². The van der Waals surface area contributed by atoms with Crippen LogP contribution in [-0.2, 0) is 11.3 Å². The average Bonchev–Trinajstić information content (AvgIpc) is 2.88. The van der Waals surface area contributed by atoms with Crippen molar-refractivity contribution in [1.82, 2.24) is 14.5 Å². The summed E-state index contributed by atoms with van der Waals surface area (Å²) in [7, 11) is 0. The second kappa shape index (κ2) is 4.00. The number of nitrogens with two attached hydrogens (primary N) is 1. The van der Waals surface area contributed by atoms with Crippen molar-refractivity contribution in [3.8, 4) is 0 Å². The van der Waals surface area contributed by atoms with Gasteiger partial charge in [0.2, 0.25) is 0 Å². The van der Waals surface area contributed by atoms with Gasteiger partial charge < -0.3 is 15.0 Å². The van der Waals surface area contributed by atoms with E-state index in [9.17, 15) is 0 Å². The van der Waals surface area contributed by atoms with Crippen LogP contribution in [0.4, 0.5) is 5.82 Å². The van der Waals surface area contributed by atoms with E-state index in [1.54, 1.807) is 0 Å². The molecule has 1 unspecified atom stereocenters. The number of rotatable bonds is 2. The van der Waals surface area contributed by atoms with Crippen molar-refractivity contribution in [2.24, 2.45) is 0 Å². The molecule has 0 radical (unpaired) electrons. The standard InChI is InChI=1S/C12H16N4O/c1-8-14-10-4-5-16(11(10)12(13)15-8)7-9-3-2-6-17-9/h4-5,9H,2-3,6-7H2,1H3,(H2,13,14,15). The van der Waals surface area contributed by atoms with E-state index in [0.717, 1.165) is 37.0 Å². The number of fused-ring (bicyclic) bond motifs is 1. The predicted molar refractivity (Wildman–Crippen MR) is 65.7 cm³/mol. The minimum atomic E-state index is 0.298. The fourth-order valence-electron chi connectivity index (χ4n) is 2.42. The van der Waals surface area contributed by atoms with Crippen molar-refractivity contribution in [3.05, 3.63) is 18.1 Å². The number of anilines is 1. The summed E-state index contributed by atoms with van der Waals surface area (Å²) in [6.45, 7) is 3.56. The SMILES string of the molecule is Cc1nc(N)c2c(ccn2CC2CCCO2)n1. The van der Waals surface area contributed by atoms with Crippen molar-refractivity contribution in [2.45, 2.75) is 32.4 Å². The third kappa shape index (κ3) is 1.86. The summed E-state index contributed by atoms with van der Waals surface area (Å²) in [5, 5.41) is 0. The normalized spacial score (nSPS) is 20.2. The van der Waals surface area contributed by atoms with Crippen molar-refractivity contribution in [3.63, 3.8) is 0 Å². The Morgan fingerprint density at radius 1 is 1.53 bits per heavy atom. The predicted octanol–water partition coefficient (Wildman–Crippen LogP) is 1.50. The van der Waals surface area contributed by atoms with Gasteiger partial charge in [0.1, 0.15) is 11.3 Å². The Bertz CT molecular complexity index is 543. The van der Waals surface area contributed by atoms with Crippen molar-refractivity contribution >= 4 is 16.9 Å². The molecular formula is C12H16N4O. The van der Waals surface area contributed by atoms with Gasteiger partial charge >= 0.3 is 0 Å². The molecule has 0 aromatic carbocycles. The first kappa shape index (κ1) is 10.5. The third-order valence-electron chi connectivity index (χ3n) is 3.17. The zero-order valence-electron chi connectivity index (χ0n) is 9.89. The van der Waals surface area contributed by atoms with E-state index in [-0.39, 0.29) is 0 Å². The highest BCUT2D eigenvalue weighted by Gasteiger charge is 2.18. The number of hydrogen-bond donors (Lipinski definition) is 1. The Hall–Kier alpha value is -1.62. The number of nitrogen functional groups attached to an aromatic ring is 1. The molecular weight excluding hydrogens is 216 g/mol. The van der Waals surface area contributed by atoms with Gasteiger partial charge in [0.15, 0.2) is 5.82 Å². The average molecular weight is 232 g/mol. The van der Waals surface area contributed by atoms with Gasteiger partial charge in [0, 0.05) is 19.3 Å². The highest BCUT2D eigenvalue weighted by atomic mass is 16.5. The number of aryl methyl sites for hydroxylation is 1. The zero-order chi connectivity index (χ0) is 11.8. The maximum atomic E-state index is 5.96. The summed E-state index contributed by atoms with van der Waals surface area (Å²) in [6.07, 6.45) is 4.57. The Balaban J connectivity index is 1.99. The van der Waals surface area contributed by atoms with Gasteiger partial charge in [-0.3, -0.25) is 0 Å². The Morgan fingerprint density at radius 2 is 2.41 bits per heavy atom. The largest absolute Gasteiger partial charge is 0.382 e. The van der Waals surface area contributed by atoms with Gasteiger partial charge in [-0.25, -0.2) is 9.97 Å². The summed E-state index contributed by atoms with van der Waals surface area (Å²) >= 11 is 0. The lowest BCUT2D eigenvalue weighted by atomic mass is 10.2. The van der Waals surface area contributed by atoms with Crippen LogP contribution in [0.2, 0.25) is 0 Å². The minimum absolute atomic E-state index is 0.298. The second-order valence-electron chi connectivity index (χ2n) is 4.49. The van der Waals surface area contributed by atoms with Crippen molar-refractivity contribution < 1.29 is 4.74 Å². The molecule has 3 heterocycles. The minimum Gasteiger partial charge on any atom is -0.382 e.